The molecule has 0 radical (unpaired) electrons. The molecule has 1 rings (SSSR count). The largest absolute Gasteiger partial charge is 0.474 e. The molecule has 0 aromatic rings. The summed E-state index contributed by atoms with van der Waals surface area (Å²) in [6, 6.07) is -0.139. The maximum absolute atomic E-state index is 11.3. The number of carbonyl (C=O) groups is 3. The zero-order valence-corrected chi connectivity index (χ0v) is 8.06. The van der Waals surface area contributed by atoms with Crippen LogP contribution in [0.4, 0.5) is 0 Å². The Hall–Kier alpha value is -1.59. The van der Waals surface area contributed by atoms with Gasteiger partial charge in [-0.2, -0.15) is 0 Å². The Kier molecular flexibility index (Phi) is 2.73. The van der Waals surface area contributed by atoms with Crippen LogP contribution in [-0.4, -0.2) is 58.9 Å². The first-order valence-corrected chi connectivity index (χ1v) is 4.21. The molecule has 1 aliphatic rings. The van der Waals surface area contributed by atoms with Crippen LogP contribution in [0.5, 0.6) is 0 Å². The molecule has 1 heterocycles. The van der Waals surface area contributed by atoms with E-state index in [4.69, 9.17) is 5.11 Å². The van der Waals surface area contributed by atoms with Crippen molar-refractivity contribution in [2.24, 2.45) is 0 Å². The summed E-state index contributed by atoms with van der Waals surface area (Å²) in [5, 5.41) is 8.46. The van der Waals surface area contributed by atoms with Gasteiger partial charge in [0.15, 0.2) is 0 Å². The summed E-state index contributed by atoms with van der Waals surface area (Å²) in [6.07, 6.45) is 0. The summed E-state index contributed by atoms with van der Waals surface area (Å²) < 4.78 is 0. The minimum Gasteiger partial charge on any atom is -0.474 e. The number of amides is 2. The molecular weight excluding hydrogens is 188 g/mol. The molecule has 1 saturated heterocycles. The number of rotatable bonds is 0. The SMILES string of the molecule is CC1CN(C(=O)C(=O)O)CC(=O)N1C. The third-order valence-corrected chi connectivity index (χ3v) is 2.34. The number of carboxylic acids is 1. The average molecular weight is 200 g/mol. The molecule has 0 aromatic heterocycles. The lowest BCUT2D eigenvalue weighted by molar-refractivity contribution is -0.159. The van der Waals surface area contributed by atoms with Crippen LogP contribution in [0.15, 0.2) is 0 Å². The molecule has 1 atom stereocenters. The molecule has 0 aliphatic carbocycles. The van der Waals surface area contributed by atoms with Crippen molar-refractivity contribution in [2.45, 2.75) is 13.0 Å². The lowest BCUT2D eigenvalue weighted by Gasteiger charge is -2.36. The van der Waals surface area contributed by atoms with Gasteiger partial charge in [-0.1, -0.05) is 0 Å². The summed E-state index contributed by atoms with van der Waals surface area (Å²) in [4.78, 5) is 35.3. The molecule has 0 spiro atoms. The minimum absolute atomic E-state index is 0.139. The van der Waals surface area contributed by atoms with E-state index >= 15 is 0 Å². The van der Waals surface area contributed by atoms with Gasteiger partial charge in [-0.3, -0.25) is 9.59 Å². The number of nitrogens with zero attached hydrogens (tertiary/aromatic N) is 2. The third kappa shape index (κ3) is 1.84. The van der Waals surface area contributed by atoms with Crippen LogP contribution in [0.25, 0.3) is 0 Å². The molecule has 14 heavy (non-hydrogen) atoms. The van der Waals surface area contributed by atoms with Crippen molar-refractivity contribution in [3.8, 4) is 0 Å². The van der Waals surface area contributed by atoms with Crippen molar-refractivity contribution in [3.05, 3.63) is 0 Å². The first-order valence-electron chi connectivity index (χ1n) is 4.21. The quantitative estimate of drug-likeness (QED) is 0.496. The van der Waals surface area contributed by atoms with Crippen molar-refractivity contribution >= 4 is 17.8 Å². The van der Waals surface area contributed by atoms with Crippen LogP contribution in [0, 0.1) is 0 Å². The molecule has 1 N–H and O–H groups in total. The first kappa shape index (κ1) is 10.5. The van der Waals surface area contributed by atoms with Gasteiger partial charge in [-0.15, -0.1) is 0 Å². The average Bonchev–Trinajstić information content (AvgIpc) is 2.12. The van der Waals surface area contributed by atoms with Crippen molar-refractivity contribution in [1.82, 2.24) is 9.80 Å². The number of carboxylic acid groups (broad SMARTS) is 1. The molecule has 0 bridgehead atoms. The van der Waals surface area contributed by atoms with E-state index in [1.54, 1.807) is 14.0 Å². The van der Waals surface area contributed by atoms with Crippen molar-refractivity contribution in [1.29, 1.82) is 0 Å². The first-order chi connectivity index (χ1) is 6.43. The Balaban J connectivity index is 2.72. The van der Waals surface area contributed by atoms with Crippen LogP contribution in [0.3, 0.4) is 0 Å². The van der Waals surface area contributed by atoms with Crippen molar-refractivity contribution in [3.63, 3.8) is 0 Å². The molecule has 2 amide bonds. The van der Waals surface area contributed by atoms with Gasteiger partial charge >= 0.3 is 11.9 Å². The lowest BCUT2D eigenvalue weighted by Crippen LogP contribution is -2.56. The van der Waals surface area contributed by atoms with E-state index in [0.717, 1.165) is 4.90 Å². The zero-order valence-electron chi connectivity index (χ0n) is 8.06. The lowest BCUT2D eigenvalue weighted by atomic mass is 10.2. The Bertz CT molecular complexity index is 289. The number of hydrogen-bond acceptors (Lipinski definition) is 3. The Morgan fingerprint density at radius 2 is 2.07 bits per heavy atom. The Morgan fingerprint density at radius 1 is 1.50 bits per heavy atom. The van der Waals surface area contributed by atoms with E-state index in [-0.39, 0.29) is 25.0 Å². The van der Waals surface area contributed by atoms with Crippen LogP contribution in [0.2, 0.25) is 0 Å². The van der Waals surface area contributed by atoms with Crippen molar-refractivity contribution < 1.29 is 19.5 Å². The number of aliphatic carboxylic acids is 1. The fraction of sp³-hybridized carbons (Fsp3) is 0.625. The molecule has 0 saturated carbocycles. The molecule has 6 nitrogen and oxygen atoms in total. The second-order valence-electron chi connectivity index (χ2n) is 3.34. The predicted octanol–water partition coefficient (Wildman–Crippen LogP) is -1.24. The van der Waals surface area contributed by atoms with Gasteiger partial charge in [-0.05, 0) is 6.92 Å². The highest BCUT2D eigenvalue weighted by atomic mass is 16.4. The molecule has 1 aliphatic heterocycles. The second-order valence-corrected chi connectivity index (χ2v) is 3.34. The van der Waals surface area contributed by atoms with Crippen LogP contribution < -0.4 is 0 Å². The molecule has 6 heteroatoms. The van der Waals surface area contributed by atoms with Gasteiger partial charge in [-0.25, -0.2) is 4.79 Å². The van der Waals surface area contributed by atoms with Gasteiger partial charge in [0.2, 0.25) is 5.91 Å². The van der Waals surface area contributed by atoms with Gasteiger partial charge in [0.05, 0.1) is 0 Å². The summed E-state index contributed by atoms with van der Waals surface area (Å²) in [5.74, 6) is -2.77. The fourth-order valence-corrected chi connectivity index (χ4v) is 1.32. The zero-order chi connectivity index (χ0) is 10.9. The normalized spacial score (nSPS) is 22.4. The fourth-order valence-electron chi connectivity index (χ4n) is 1.32. The minimum atomic E-state index is -1.52. The van der Waals surface area contributed by atoms with Crippen molar-refractivity contribution in [2.75, 3.05) is 20.1 Å². The molecule has 78 valence electrons. The van der Waals surface area contributed by atoms with E-state index in [1.807, 2.05) is 0 Å². The molecular formula is C8H12N2O4. The van der Waals surface area contributed by atoms with E-state index < -0.39 is 11.9 Å². The summed E-state index contributed by atoms with van der Waals surface area (Å²) in [5.41, 5.74) is 0. The number of piperazine rings is 1. The van der Waals surface area contributed by atoms with Gasteiger partial charge in [0, 0.05) is 19.6 Å². The number of carbonyl (C=O) groups excluding carboxylic acids is 2. The molecule has 0 aromatic carbocycles. The maximum atomic E-state index is 11.3. The smallest absolute Gasteiger partial charge is 0.394 e. The Morgan fingerprint density at radius 3 is 2.50 bits per heavy atom. The molecule has 1 unspecified atom stereocenters. The highest BCUT2D eigenvalue weighted by molar-refractivity contribution is 6.31. The highest BCUT2D eigenvalue weighted by Crippen LogP contribution is 2.08. The van der Waals surface area contributed by atoms with Gasteiger partial charge < -0.3 is 14.9 Å². The maximum Gasteiger partial charge on any atom is 0.394 e. The van der Waals surface area contributed by atoms with Crippen LogP contribution >= 0.6 is 0 Å². The second kappa shape index (κ2) is 3.65. The number of hydrogen-bond donors (Lipinski definition) is 1. The van der Waals surface area contributed by atoms with E-state index in [0.29, 0.717) is 0 Å². The summed E-state index contributed by atoms with van der Waals surface area (Å²) in [7, 11) is 1.63. The Labute approximate surface area is 81.1 Å². The van der Waals surface area contributed by atoms with Crippen LogP contribution in [-0.2, 0) is 14.4 Å². The molecule has 1 fully saturated rings. The van der Waals surface area contributed by atoms with E-state index in [2.05, 4.69) is 0 Å². The summed E-state index contributed by atoms with van der Waals surface area (Å²) in [6.45, 7) is 1.89. The predicted molar refractivity (Wildman–Crippen MR) is 46.4 cm³/mol. The van der Waals surface area contributed by atoms with E-state index in [9.17, 15) is 14.4 Å². The topological polar surface area (TPSA) is 77.9 Å². The standard InChI is InChI=1S/C8H12N2O4/c1-5-3-10(7(12)8(13)14)4-6(11)9(5)2/h5H,3-4H2,1-2H3,(H,13,14). The monoisotopic (exact) mass is 200 g/mol. The number of likely N-dealkylation sites (N-methyl/N-ethyl adjacent to an activating group) is 1. The van der Waals surface area contributed by atoms with Crippen LogP contribution in [0.1, 0.15) is 6.92 Å². The third-order valence-electron chi connectivity index (χ3n) is 2.34. The van der Waals surface area contributed by atoms with Gasteiger partial charge in [0.1, 0.15) is 6.54 Å². The summed E-state index contributed by atoms with van der Waals surface area (Å²) >= 11 is 0. The van der Waals surface area contributed by atoms with E-state index in [1.165, 1.54) is 4.90 Å². The van der Waals surface area contributed by atoms with Gasteiger partial charge in [0.25, 0.3) is 0 Å². The highest BCUT2D eigenvalue weighted by Gasteiger charge is 2.32.